The van der Waals surface area contributed by atoms with E-state index in [2.05, 4.69) is 10.5 Å². The van der Waals surface area contributed by atoms with E-state index in [4.69, 9.17) is 18.9 Å². The van der Waals surface area contributed by atoms with Crippen LogP contribution in [0.1, 0.15) is 23.6 Å². The van der Waals surface area contributed by atoms with Crippen molar-refractivity contribution < 1.29 is 28.5 Å². The van der Waals surface area contributed by atoms with Gasteiger partial charge in [0.2, 0.25) is 5.75 Å². The summed E-state index contributed by atoms with van der Waals surface area (Å²) >= 11 is 0. The SMILES string of the molecule is COc1cc(/C=N/NC(=O)COc2cc(C)ccc2C)cc(OC)c1OC(C)=O. The normalized spacial score (nSPS) is 10.5. The first-order valence-electron chi connectivity index (χ1n) is 8.80. The van der Waals surface area contributed by atoms with Crippen molar-refractivity contribution >= 4 is 18.1 Å². The number of carbonyl (C=O) groups excluding carboxylic acids is 2. The monoisotopic (exact) mass is 400 g/mol. The molecule has 29 heavy (non-hydrogen) atoms. The molecule has 0 aliphatic heterocycles. The van der Waals surface area contributed by atoms with Crippen LogP contribution in [0.15, 0.2) is 35.4 Å². The topological polar surface area (TPSA) is 95.5 Å². The van der Waals surface area contributed by atoms with Crippen molar-refractivity contribution in [3.8, 4) is 23.0 Å². The zero-order chi connectivity index (χ0) is 21.4. The Bertz CT molecular complexity index is 898. The predicted octanol–water partition coefficient (Wildman–Crippen LogP) is 2.78. The highest BCUT2D eigenvalue weighted by molar-refractivity contribution is 5.85. The first kappa shape index (κ1) is 21.7. The van der Waals surface area contributed by atoms with Gasteiger partial charge in [0.25, 0.3) is 5.91 Å². The zero-order valence-electron chi connectivity index (χ0n) is 17.1. The molecule has 0 fully saturated rings. The number of ether oxygens (including phenoxy) is 4. The van der Waals surface area contributed by atoms with Crippen molar-refractivity contribution in [2.75, 3.05) is 20.8 Å². The molecular formula is C21H24N2O6. The Hall–Kier alpha value is -3.55. The number of hydrogen-bond donors (Lipinski definition) is 1. The van der Waals surface area contributed by atoms with Crippen LogP contribution < -0.4 is 24.4 Å². The molecule has 0 saturated carbocycles. The molecule has 1 N–H and O–H groups in total. The number of carbonyl (C=O) groups is 2. The van der Waals surface area contributed by atoms with Gasteiger partial charge < -0.3 is 18.9 Å². The minimum atomic E-state index is -0.501. The lowest BCUT2D eigenvalue weighted by atomic mass is 10.1. The molecule has 8 nitrogen and oxygen atoms in total. The van der Waals surface area contributed by atoms with E-state index >= 15 is 0 Å². The maximum absolute atomic E-state index is 12.0. The lowest BCUT2D eigenvalue weighted by Crippen LogP contribution is -2.24. The van der Waals surface area contributed by atoms with Crippen LogP contribution >= 0.6 is 0 Å². The van der Waals surface area contributed by atoms with E-state index in [0.717, 1.165) is 11.1 Å². The van der Waals surface area contributed by atoms with Gasteiger partial charge >= 0.3 is 5.97 Å². The first-order chi connectivity index (χ1) is 13.8. The molecule has 0 aliphatic carbocycles. The summed E-state index contributed by atoms with van der Waals surface area (Å²) < 4.78 is 21.1. The molecule has 2 rings (SSSR count). The lowest BCUT2D eigenvalue weighted by molar-refractivity contribution is -0.132. The number of rotatable bonds is 8. The fraction of sp³-hybridized carbons (Fsp3) is 0.286. The van der Waals surface area contributed by atoms with Gasteiger partial charge in [-0.1, -0.05) is 12.1 Å². The van der Waals surface area contributed by atoms with Gasteiger partial charge in [0, 0.05) is 12.5 Å². The van der Waals surface area contributed by atoms with Crippen molar-refractivity contribution in [1.29, 1.82) is 0 Å². The lowest BCUT2D eigenvalue weighted by Gasteiger charge is -2.13. The highest BCUT2D eigenvalue weighted by Crippen LogP contribution is 2.38. The maximum atomic E-state index is 12.0. The molecule has 8 heteroatoms. The van der Waals surface area contributed by atoms with Gasteiger partial charge in [-0.3, -0.25) is 9.59 Å². The quantitative estimate of drug-likeness (QED) is 0.317. The third-order valence-electron chi connectivity index (χ3n) is 3.83. The summed E-state index contributed by atoms with van der Waals surface area (Å²) in [6.07, 6.45) is 1.42. The van der Waals surface area contributed by atoms with Gasteiger partial charge in [-0.15, -0.1) is 0 Å². The van der Waals surface area contributed by atoms with Crippen LogP contribution in [0.2, 0.25) is 0 Å². The number of aryl methyl sites for hydroxylation is 2. The summed E-state index contributed by atoms with van der Waals surface area (Å²) in [5.74, 6) is 0.512. The molecule has 0 bridgehead atoms. The van der Waals surface area contributed by atoms with Crippen LogP contribution in [0.5, 0.6) is 23.0 Å². The summed E-state index contributed by atoms with van der Waals surface area (Å²) in [4.78, 5) is 23.2. The van der Waals surface area contributed by atoms with Crippen LogP contribution in [0.4, 0.5) is 0 Å². The van der Waals surface area contributed by atoms with Crippen molar-refractivity contribution in [2.24, 2.45) is 5.10 Å². The van der Waals surface area contributed by atoms with Gasteiger partial charge in [0.1, 0.15) is 5.75 Å². The smallest absolute Gasteiger partial charge is 0.308 e. The van der Waals surface area contributed by atoms with Crippen LogP contribution in [0, 0.1) is 13.8 Å². The summed E-state index contributed by atoms with van der Waals surface area (Å²) in [6, 6.07) is 8.98. The van der Waals surface area contributed by atoms with E-state index < -0.39 is 11.9 Å². The zero-order valence-corrected chi connectivity index (χ0v) is 17.1. The first-order valence-corrected chi connectivity index (χ1v) is 8.80. The summed E-state index contributed by atoms with van der Waals surface area (Å²) in [5, 5.41) is 3.91. The van der Waals surface area contributed by atoms with Crippen LogP contribution in [-0.2, 0) is 9.59 Å². The Labute approximate surface area is 169 Å². The van der Waals surface area contributed by atoms with Crippen LogP contribution in [0.25, 0.3) is 0 Å². The van der Waals surface area contributed by atoms with Crippen LogP contribution in [-0.4, -0.2) is 38.9 Å². The van der Waals surface area contributed by atoms with Crippen molar-refractivity contribution in [3.05, 3.63) is 47.0 Å². The van der Waals surface area contributed by atoms with Crippen molar-refractivity contribution in [3.63, 3.8) is 0 Å². The second-order valence-corrected chi connectivity index (χ2v) is 6.20. The molecule has 0 saturated heterocycles. The molecule has 0 spiro atoms. The Kier molecular flexibility index (Phi) is 7.59. The Balaban J connectivity index is 2.02. The molecule has 0 aliphatic rings. The second-order valence-electron chi connectivity index (χ2n) is 6.20. The molecule has 1 amide bonds. The number of hydrazone groups is 1. The van der Waals surface area contributed by atoms with E-state index in [9.17, 15) is 9.59 Å². The Morgan fingerprint density at radius 1 is 1.03 bits per heavy atom. The molecule has 2 aromatic rings. The van der Waals surface area contributed by atoms with Crippen molar-refractivity contribution in [2.45, 2.75) is 20.8 Å². The molecule has 0 heterocycles. The van der Waals surface area contributed by atoms with Gasteiger partial charge in [0.15, 0.2) is 18.1 Å². The highest BCUT2D eigenvalue weighted by atomic mass is 16.6. The van der Waals surface area contributed by atoms with Gasteiger partial charge in [0.05, 0.1) is 20.4 Å². The average molecular weight is 400 g/mol. The molecule has 0 unspecified atom stereocenters. The Morgan fingerprint density at radius 2 is 1.69 bits per heavy atom. The number of methoxy groups -OCH3 is 2. The van der Waals surface area contributed by atoms with Gasteiger partial charge in [-0.25, -0.2) is 5.43 Å². The third-order valence-corrected chi connectivity index (χ3v) is 3.83. The fourth-order valence-corrected chi connectivity index (χ4v) is 2.44. The number of nitrogens with one attached hydrogen (secondary N) is 1. The molecule has 154 valence electrons. The molecular weight excluding hydrogens is 376 g/mol. The number of benzene rings is 2. The predicted molar refractivity (Wildman–Crippen MR) is 108 cm³/mol. The van der Waals surface area contributed by atoms with Crippen molar-refractivity contribution in [1.82, 2.24) is 5.43 Å². The van der Waals surface area contributed by atoms with Crippen LogP contribution in [0.3, 0.4) is 0 Å². The maximum Gasteiger partial charge on any atom is 0.308 e. The third kappa shape index (κ3) is 6.24. The summed E-state index contributed by atoms with van der Waals surface area (Å²) in [7, 11) is 2.88. The standard InChI is InChI=1S/C21H24N2O6/c1-13-6-7-14(2)17(8-13)28-12-20(25)23-22-11-16-9-18(26-4)21(29-15(3)24)19(10-16)27-5/h6-11H,12H2,1-5H3,(H,23,25)/b22-11+. The fourth-order valence-electron chi connectivity index (χ4n) is 2.44. The summed E-state index contributed by atoms with van der Waals surface area (Å²) in [5.41, 5.74) is 4.96. The van der Waals surface area contributed by atoms with Gasteiger partial charge in [-0.2, -0.15) is 5.10 Å². The minimum absolute atomic E-state index is 0.167. The largest absolute Gasteiger partial charge is 0.493 e. The Morgan fingerprint density at radius 3 is 2.28 bits per heavy atom. The molecule has 0 atom stereocenters. The van der Waals surface area contributed by atoms with E-state index in [-0.39, 0.29) is 12.4 Å². The van der Waals surface area contributed by atoms with E-state index in [1.54, 1.807) is 12.1 Å². The number of esters is 1. The minimum Gasteiger partial charge on any atom is -0.493 e. The summed E-state index contributed by atoms with van der Waals surface area (Å²) in [6.45, 7) is 4.97. The molecule has 2 aromatic carbocycles. The number of amides is 1. The van der Waals surface area contributed by atoms with E-state index in [1.807, 2.05) is 32.0 Å². The van der Waals surface area contributed by atoms with Gasteiger partial charge in [-0.05, 0) is 43.2 Å². The number of nitrogens with zero attached hydrogens (tertiary/aromatic N) is 1. The number of hydrogen-bond acceptors (Lipinski definition) is 7. The average Bonchev–Trinajstić information content (AvgIpc) is 2.68. The molecule has 0 radical (unpaired) electrons. The second kappa shape index (κ2) is 10.1. The highest BCUT2D eigenvalue weighted by Gasteiger charge is 2.15. The molecule has 0 aromatic heterocycles. The van der Waals surface area contributed by atoms with E-state index in [1.165, 1.54) is 27.4 Å². The van der Waals surface area contributed by atoms with E-state index in [0.29, 0.717) is 22.8 Å².